The lowest BCUT2D eigenvalue weighted by Crippen LogP contribution is -2.36. The van der Waals surface area contributed by atoms with Crippen LogP contribution in [0.15, 0.2) is 48.0 Å². The van der Waals surface area contributed by atoms with Gasteiger partial charge in [0, 0.05) is 36.2 Å². The van der Waals surface area contributed by atoms with Gasteiger partial charge in [-0.1, -0.05) is 6.92 Å². The highest BCUT2D eigenvalue weighted by molar-refractivity contribution is 14.0. The molecule has 27 heavy (non-hydrogen) atoms. The molecule has 0 fully saturated rings. The summed E-state index contributed by atoms with van der Waals surface area (Å²) in [5.41, 5.74) is 1.07. The van der Waals surface area contributed by atoms with Crippen LogP contribution in [0.5, 0.6) is 0 Å². The molecule has 3 aromatic rings. The standard InChI is InChI=1S/C18H23N7S.HI/c1-3-15-12-21-17(26-15)13-23-18(19-4-2)22-11-14-6-8-20-16(10-14)25-9-5-7-24-25;/h5-10,12H,3-4,11,13H2,1-2H3,(H2,19,22,23);1H. The zero-order valence-electron chi connectivity index (χ0n) is 15.4. The predicted molar refractivity (Wildman–Crippen MR) is 120 cm³/mol. The molecular formula is C18H24IN7S. The first-order valence-corrected chi connectivity index (χ1v) is 9.50. The Hall–Kier alpha value is -2.01. The number of thiazole rings is 1. The molecule has 144 valence electrons. The Labute approximate surface area is 180 Å². The van der Waals surface area contributed by atoms with E-state index < -0.39 is 0 Å². The molecule has 3 aromatic heterocycles. The first-order valence-electron chi connectivity index (χ1n) is 8.69. The molecule has 9 heteroatoms. The lowest BCUT2D eigenvalue weighted by molar-refractivity contribution is 0.809. The van der Waals surface area contributed by atoms with E-state index >= 15 is 0 Å². The maximum Gasteiger partial charge on any atom is 0.191 e. The first-order chi connectivity index (χ1) is 12.8. The summed E-state index contributed by atoms with van der Waals surface area (Å²) in [6.07, 6.45) is 8.36. The van der Waals surface area contributed by atoms with Crippen molar-refractivity contribution >= 4 is 41.3 Å². The number of halogens is 1. The van der Waals surface area contributed by atoms with Gasteiger partial charge in [-0.05, 0) is 37.1 Å². The van der Waals surface area contributed by atoms with Crippen molar-refractivity contribution in [3.63, 3.8) is 0 Å². The summed E-state index contributed by atoms with van der Waals surface area (Å²) < 4.78 is 1.74. The zero-order valence-corrected chi connectivity index (χ0v) is 18.6. The highest BCUT2D eigenvalue weighted by Crippen LogP contribution is 2.13. The van der Waals surface area contributed by atoms with Crippen molar-refractivity contribution in [1.29, 1.82) is 0 Å². The van der Waals surface area contributed by atoms with Gasteiger partial charge < -0.3 is 10.6 Å². The Morgan fingerprint density at radius 3 is 2.81 bits per heavy atom. The van der Waals surface area contributed by atoms with Gasteiger partial charge in [-0.25, -0.2) is 19.6 Å². The Kier molecular flexibility index (Phi) is 8.65. The smallest absolute Gasteiger partial charge is 0.191 e. The van der Waals surface area contributed by atoms with E-state index in [9.17, 15) is 0 Å². The molecular weight excluding hydrogens is 473 g/mol. The minimum Gasteiger partial charge on any atom is -0.357 e. The number of nitrogens with one attached hydrogen (secondary N) is 2. The topological polar surface area (TPSA) is 80.0 Å². The van der Waals surface area contributed by atoms with Gasteiger partial charge in [0.15, 0.2) is 11.8 Å². The van der Waals surface area contributed by atoms with Gasteiger partial charge in [0.1, 0.15) is 5.01 Å². The summed E-state index contributed by atoms with van der Waals surface area (Å²) >= 11 is 1.73. The van der Waals surface area contributed by atoms with E-state index in [0.717, 1.165) is 35.3 Å². The van der Waals surface area contributed by atoms with Crippen LogP contribution in [0.3, 0.4) is 0 Å². The van der Waals surface area contributed by atoms with Gasteiger partial charge in [-0.3, -0.25) is 0 Å². The number of nitrogens with zero attached hydrogens (tertiary/aromatic N) is 5. The average molecular weight is 497 g/mol. The van der Waals surface area contributed by atoms with Crippen LogP contribution >= 0.6 is 35.3 Å². The van der Waals surface area contributed by atoms with Crippen LogP contribution in [0.25, 0.3) is 5.82 Å². The highest BCUT2D eigenvalue weighted by atomic mass is 127. The van der Waals surface area contributed by atoms with Gasteiger partial charge in [-0.15, -0.1) is 35.3 Å². The molecule has 2 N–H and O–H groups in total. The van der Waals surface area contributed by atoms with E-state index in [1.54, 1.807) is 28.4 Å². The summed E-state index contributed by atoms with van der Waals surface area (Å²) in [4.78, 5) is 14.7. The van der Waals surface area contributed by atoms with E-state index in [1.165, 1.54) is 4.88 Å². The number of guanidine groups is 1. The quantitative estimate of drug-likeness (QED) is 0.298. The second-order valence-electron chi connectivity index (χ2n) is 5.60. The summed E-state index contributed by atoms with van der Waals surface area (Å²) in [6.45, 7) is 6.23. The largest absolute Gasteiger partial charge is 0.357 e. The number of hydrogen-bond donors (Lipinski definition) is 2. The lowest BCUT2D eigenvalue weighted by Gasteiger charge is -2.10. The second-order valence-corrected chi connectivity index (χ2v) is 6.80. The molecule has 7 nitrogen and oxygen atoms in total. The van der Waals surface area contributed by atoms with Crippen LogP contribution in [0.4, 0.5) is 0 Å². The van der Waals surface area contributed by atoms with E-state index in [4.69, 9.17) is 0 Å². The van der Waals surface area contributed by atoms with Crippen molar-refractivity contribution in [3.8, 4) is 5.82 Å². The Bertz CT molecular complexity index is 845. The molecule has 0 saturated heterocycles. The van der Waals surface area contributed by atoms with Gasteiger partial charge in [-0.2, -0.15) is 5.10 Å². The van der Waals surface area contributed by atoms with Crippen molar-refractivity contribution in [2.45, 2.75) is 33.4 Å². The third-order valence-corrected chi connectivity index (χ3v) is 4.81. The molecule has 0 spiro atoms. The van der Waals surface area contributed by atoms with Crippen LogP contribution in [0.2, 0.25) is 0 Å². The summed E-state index contributed by atoms with van der Waals surface area (Å²) in [7, 11) is 0. The highest BCUT2D eigenvalue weighted by Gasteiger charge is 2.04. The number of aryl methyl sites for hydroxylation is 1. The van der Waals surface area contributed by atoms with E-state index in [1.807, 2.05) is 30.6 Å². The Balaban J connectivity index is 0.00000261. The fraction of sp³-hybridized carbons (Fsp3) is 0.333. The number of pyridine rings is 1. The number of aromatic nitrogens is 4. The van der Waals surface area contributed by atoms with E-state index in [0.29, 0.717) is 13.1 Å². The average Bonchev–Trinajstić information content (AvgIpc) is 3.36. The fourth-order valence-electron chi connectivity index (χ4n) is 2.35. The van der Waals surface area contributed by atoms with Crippen LogP contribution in [0, 0.1) is 0 Å². The number of hydrogen-bond acceptors (Lipinski definition) is 5. The normalized spacial score (nSPS) is 11.1. The van der Waals surface area contributed by atoms with Crippen molar-refractivity contribution in [3.05, 3.63) is 58.4 Å². The second kappa shape index (κ2) is 11.0. The molecule has 0 radical (unpaired) electrons. The van der Waals surface area contributed by atoms with Crippen LogP contribution in [-0.4, -0.2) is 32.3 Å². The fourth-order valence-corrected chi connectivity index (χ4v) is 3.16. The van der Waals surface area contributed by atoms with Crippen LogP contribution < -0.4 is 10.6 Å². The summed E-state index contributed by atoms with van der Waals surface area (Å²) in [5, 5.41) is 11.9. The molecule has 3 rings (SSSR count). The van der Waals surface area contributed by atoms with Crippen molar-refractivity contribution in [2.75, 3.05) is 6.54 Å². The monoisotopic (exact) mass is 497 g/mol. The first kappa shape index (κ1) is 21.3. The molecule has 0 saturated carbocycles. The van der Waals surface area contributed by atoms with Crippen LogP contribution in [-0.2, 0) is 19.5 Å². The molecule has 0 aliphatic heterocycles. The predicted octanol–water partition coefficient (Wildman–Crippen LogP) is 3.16. The number of rotatable bonds is 7. The third kappa shape index (κ3) is 6.28. The molecule has 0 bridgehead atoms. The van der Waals surface area contributed by atoms with Gasteiger partial charge in [0.05, 0.1) is 13.1 Å². The molecule has 0 amide bonds. The Morgan fingerprint density at radius 2 is 2.11 bits per heavy atom. The molecule has 0 atom stereocenters. The lowest BCUT2D eigenvalue weighted by atomic mass is 10.2. The SMILES string of the molecule is CCNC(=NCc1ccnc(-n2cccn2)c1)NCc1ncc(CC)s1.I. The minimum atomic E-state index is 0. The minimum absolute atomic E-state index is 0. The molecule has 0 aromatic carbocycles. The maximum absolute atomic E-state index is 4.66. The van der Waals surface area contributed by atoms with Crippen LogP contribution in [0.1, 0.15) is 29.3 Å². The molecule has 0 aliphatic rings. The van der Waals surface area contributed by atoms with Crippen molar-refractivity contribution < 1.29 is 0 Å². The van der Waals surface area contributed by atoms with Gasteiger partial charge >= 0.3 is 0 Å². The molecule has 0 aliphatic carbocycles. The van der Waals surface area contributed by atoms with Gasteiger partial charge in [0.25, 0.3) is 0 Å². The third-order valence-electron chi connectivity index (χ3n) is 3.67. The van der Waals surface area contributed by atoms with E-state index in [-0.39, 0.29) is 24.0 Å². The summed E-state index contributed by atoms with van der Waals surface area (Å²) in [6, 6.07) is 5.84. The molecule has 0 unspecified atom stereocenters. The number of aliphatic imine (C=N–C) groups is 1. The van der Waals surface area contributed by atoms with Crippen molar-refractivity contribution in [1.82, 2.24) is 30.4 Å². The zero-order chi connectivity index (χ0) is 18.2. The Morgan fingerprint density at radius 1 is 1.22 bits per heavy atom. The van der Waals surface area contributed by atoms with Crippen molar-refractivity contribution in [2.24, 2.45) is 4.99 Å². The summed E-state index contributed by atoms with van der Waals surface area (Å²) in [5.74, 6) is 1.56. The maximum atomic E-state index is 4.66. The van der Waals surface area contributed by atoms with Gasteiger partial charge in [0.2, 0.25) is 0 Å². The van der Waals surface area contributed by atoms with E-state index in [2.05, 4.69) is 44.5 Å². The molecule has 3 heterocycles.